The Hall–Kier alpha value is -0.970. The van der Waals surface area contributed by atoms with Crippen LogP contribution < -0.4 is 5.32 Å². The lowest BCUT2D eigenvalue weighted by atomic mass is 10.2. The van der Waals surface area contributed by atoms with Crippen LogP contribution in [0.5, 0.6) is 0 Å². The first-order chi connectivity index (χ1) is 8.88. The van der Waals surface area contributed by atoms with Crippen LogP contribution >= 0.6 is 0 Å². The molecular formula is C14H24N2O2. The molecule has 0 aliphatic heterocycles. The zero-order valence-corrected chi connectivity index (χ0v) is 11.4. The minimum Gasteiger partial charge on any atom is -0.379 e. The molecule has 1 heterocycles. The molecule has 4 nitrogen and oxygen atoms in total. The average Bonchev–Trinajstić information content (AvgIpc) is 2.41. The second kappa shape index (κ2) is 10.00. The van der Waals surface area contributed by atoms with Crippen molar-refractivity contribution in [1.29, 1.82) is 0 Å². The monoisotopic (exact) mass is 252 g/mol. The summed E-state index contributed by atoms with van der Waals surface area (Å²) in [6.07, 6.45) is 2.86. The van der Waals surface area contributed by atoms with Gasteiger partial charge in [0.05, 0.1) is 25.5 Å². The Labute approximate surface area is 110 Å². The Morgan fingerprint density at radius 2 is 2.00 bits per heavy atom. The van der Waals surface area contributed by atoms with E-state index in [4.69, 9.17) is 9.47 Å². The normalized spacial score (nSPS) is 10.8. The van der Waals surface area contributed by atoms with Gasteiger partial charge in [0.25, 0.3) is 0 Å². The number of hydrogen-bond donors (Lipinski definition) is 1. The zero-order valence-electron chi connectivity index (χ0n) is 11.4. The second-order valence-electron chi connectivity index (χ2n) is 4.05. The lowest BCUT2D eigenvalue weighted by Gasteiger charge is -2.09. The summed E-state index contributed by atoms with van der Waals surface area (Å²) in [5, 5.41) is 3.30. The van der Waals surface area contributed by atoms with Crippen molar-refractivity contribution in [1.82, 2.24) is 10.3 Å². The molecule has 18 heavy (non-hydrogen) atoms. The van der Waals surface area contributed by atoms with Gasteiger partial charge in [0.2, 0.25) is 0 Å². The quantitative estimate of drug-likeness (QED) is 0.648. The Kier molecular flexibility index (Phi) is 8.38. The van der Waals surface area contributed by atoms with E-state index in [1.807, 2.05) is 12.3 Å². The van der Waals surface area contributed by atoms with Crippen molar-refractivity contribution < 1.29 is 9.47 Å². The smallest absolute Gasteiger partial charge is 0.0892 e. The van der Waals surface area contributed by atoms with Gasteiger partial charge >= 0.3 is 0 Å². The van der Waals surface area contributed by atoms with Crippen LogP contribution in [0, 0.1) is 0 Å². The van der Waals surface area contributed by atoms with E-state index in [0.717, 1.165) is 31.8 Å². The highest BCUT2D eigenvalue weighted by Crippen LogP contribution is 2.06. The van der Waals surface area contributed by atoms with Crippen molar-refractivity contribution in [3.8, 4) is 0 Å². The van der Waals surface area contributed by atoms with E-state index >= 15 is 0 Å². The van der Waals surface area contributed by atoms with Crippen LogP contribution in [0.15, 0.2) is 18.3 Å². The first-order valence-electron chi connectivity index (χ1n) is 6.67. The number of ether oxygens (including phenoxy) is 2. The van der Waals surface area contributed by atoms with E-state index in [9.17, 15) is 0 Å². The van der Waals surface area contributed by atoms with Crippen molar-refractivity contribution in [3.63, 3.8) is 0 Å². The fourth-order valence-electron chi connectivity index (χ4n) is 1.55. The van der Waals surface area contributed by atoms with Crippen LogP contribution in [-0.2, 0) is 22.6 Å². The van der Waals surface area contributed by atoms with Crippen molar-refractivity contribution in [2.75, 3.05) is 26.4 Å². The van der Waals surface area contributed by atoms with Crippen LogP contribution in [-0.4, -0.2) is 31.3 Å². The van der Waals surface area contributed by atoms with Gasteiger partial charge in [-0.25, -0.2) is 0 Å². The maximum atomic E-state index is 5.57. The van der Waals surface area contributed by atoms with Gasteiger partial charge in [-0.3, -0.25) is 4.98 Å². The highest BCUT2D eigenvalue weighted by Gasteiger charge is 2.02. The maximum absolute atomic E-state index is 5.57. The number of hydrogen-bond acceptors (Lipinski definition) is 4. The molecule has 0 aromatic carbocycles. The second-order valence-corrected chi connectivity index (χ2v) is 4.05. The molecule has 0 unspecified atom stereocenters. The molecule has 1 aromatic rings. The third-order valence-corrected chi connectivity index (χ3v) is 2.51. The highest BCUT2D eigenvalue weighted by molar-refractivity contribution is 5.18. The average molecular weight is 252 g/mol. The zero-order chi connectivity index (χ0) is 13.1. The van der Waals surface area contributed by atoms with Crippen molar-refractivity contribution in [2.45, 2.75) is 33.4 Å². The molecule has 0 spiro atoms. The van der Waals surface area contributed by atoms with Gasteiger partial charge in [-0.1, -0.05) is 19.9 Å². The van der Waals surface area contributed by atoms with E-state index in [1.54, 1.807) is 0 Å². The largest absolute Gasteiger partial charge is 0.379 e. The summed E-state index contributed by atoms with van der Waals surface area (Å²) in [4.78, 5) is 4.36. The molecule has 0 atom stereocenters. The predicted molar refractivity (Wildman–Crippen MR) is 72.4 cm³/mol. The van der Waals surface area contributed by atoms with Gasteiger partial charge in [0.1, 0.15) is 0 Å². The van der Waals surface area contributed by atoms with E-state index < -0.39 is 0 Å². The molecule has 4 heteroatoms. The van der Waals surface area contributed by atoms with Crippen LogP contribution in [0.25, 0.3) is 0 Å². The lowest BCUT2D eigenvalue weighted by Crippen LogP contribution is -2.14. The number of aromatic nitrogens is 1. The van der Waals surface area contributed by atoms with Crippen LogP contribution in [0.2, 0.25) is 0 Å². The van der Waals surface area contributed by atoms with Crippen LogP contribution in [0.4, 0.5) is 0 Å². The van der Waals surface area contributed by atoms with Gasteiger partial charge in [-0.2, -0.15) is 0 Å². The van der Waals surface area contributed by atoms with Gasteiger partial charge in [-0.05, 0) is 24.6 Å². The summed E-state index contributed by atoms with van der Waals surface area (Å²) in [5.41, 5.74) is 2.21. The van der Waals surface area contributed by atoms with Gasteiger partial charge < -0.3 is 14.8 Å². The number of rotatable bonds is 10. The Morgan fingerprint density at radius 1 is 1.17 bits per heavy atom. The molecular weight excluding hydrogens is 228 g/mol. The molecule has 1 rings (SSSR count). The Balaban J connectivity index is 2.27. The van der Waals surface area contributed by atoms with Gasteiger partial charge in [0.15, 0.2) is 0 Å². The molecule has 0 aliphatic carbocycles. The summed E-state index contributed by atoms with van der Waals surface area (Å²) in [6.45, 7) is 8.63. The Bertz CT molecular complexity index is 318. The topological polar surface area (TPSA) is 43.4 Å². The summed E-state index contributed by atoms with van der Waals surface area (Å²) < 4.78 is 10.9. The summed E-state index contributed by atoms with van der Waals surface area (Å²) in [6, 6.07) is 4.04. The molecule has 0 fully saturated rings. The lowest BCUT2D eigenvalue weighted by molar-refractivity contribution is 0.0395. The maximum Gasteiger partial charge on any atom is 0.0892 e. The van der Waals surface area contributed by atoms with E-state index in [2.05, 4.69) is 30.2 Å². The fraction of sp³-hybridized carbons (Fsp3) is 0.643. The molecule has 0 saturated carbocycles. The fourth-order valence-corrected chi connectivity index (χ4v) is 1.55. The SMILES string of the molecule is CCCOCCOCc1ncccc1CNCC. The molecule has 0 saturated heterocycles. The Morgan fingerprint density at radius 3 is 2.78 bits per heavy atom. The molecule has 0 aliphatic rings. The summed E-state index contributed by atoms with van der Waals surface area (Å²) in [7, 11) is 0. The first-order valence-corrected chi connectivity index (χ1v) is 6.67. The van der Waals surface area contributed by atoms with E-state index in [1.165, 1.54) is 5.56 Å². The molecule has 0 amide bonds. The molecule has 102 valence electrons. The standard InChI is InChI=1S/C14H24N2O2/c1-3-8-17-9-10-18-12-14-13(11-15-4-2)6-5-7-16-14/h5-7,15H,3-4,8-12H2,1-2H3. The van der Waals surface area contributed by atoms with Crippen LogP contribution in [0.3, 0.4) is 0 Å². The first kappa shape index (κ1) is 15.1. The number of nitrogens with zero attached hydrogens (tertiary/aromatic N) is 1. The number of nitrogens with one attached hydrogen (secondary N) is 1. The predicted octanol–water partition coefficient (Wildman–Crippen LogP) is 2.13. The molecule has 1 aromatic heterocycles. The van der Waals surface area contributed by atoms with Gasteiger partial charge in [-0.15, -0.1) is 0 Å². The minimum atomic E-state index is 0.553. The third-order valence-electron chi connectivity index (χ3n) is 2.51. The molecule has 1 N–H and O–H groups in total. The molecule has 0 bridgehead atoms. The highest BCUT2D eigenvalue weighted by atomic mass is 16.5. The van der Waals surface area contributed by atoms with Gasteiger partial charge in [0, 0.05) is 19.3 Å². The minimum absolute atomic E-state index is 0.553. The van der Waals surface area contributed by atoms with Crippen molar-refractivity contribution >= 4 is 0 Å². The van der Waals surface area contributed by atoms with Crippen molar-refractivity contribution in [3.05, 3.63) is 29.6 Å². The van der Waals surface area contributed by atoms with E-state index in [-0.39, 0.29) is 0 Å². The number of pyridine rings is 1. The summed E-state index contributed by atoms with van der Waals surface area (Å²) in [5.74, 6) is 0. The summed E-state index contributed by atoms with van der Waals surface area (Å²) >= 11 is 0. The molecule has 0 radical (unpaired) electrons. The van der Waals surface area contributed by atoms with Crippen molar-refractivity contribution in [2.24, 2.45) is 0 Å². The van der Waals surface area contributed by atoms with E-state index in [0.29, 0.717) is 19.8 Å². The third kappa shape index (κ3) is 6.10. The van der Waals surface area contributed by atoms with Crippen LogP contribution in [0.1, 0.15) is 31.5 Å².